The van der Waals surface area contributed by atoms with Gasteiger partial charge in [-0.1, -0.05) is 24.6 Å². The highest BCUT2D eigenvalue weighted by Crippen LogP contribution is 2.70. The van der Waals surface area contributed by atoms with Gasteiger partial charge in [0.1, 0.15) is 11.4 Å². The fourth-order valence-corrected chi connectivity index (χ4v) is 7.42. The third kappa shape index (κ3) is 3.06. The van der Waals surface area contributed by atoms with Gasteiger partial charge < -0.3 is 10.2 Å². The van der Waals surface area contributed by atoms with E-state index in [4.69, 9.17) is 0 Å². The van der Waals surface area contributed by atoms with Crippen LogP contribution in [0.2, 0.25) is 0 Å². The maximum absolute atomic E-state index is 14.9. The fourth-order valence-electron chi connectivity index (χ4n) is 7.42. The van der Waals surface area contributed by atoms with Crippen molar-refractivity contribution >= 4 is 5.78 Å². The molecule has 184 valence electrons. The summed E-state index contributed by atoms with van der Waals surface area (Å²) in [6.07, 6.45) is -2.85. The number of benzene rings is 1. The molecule has 0 aliphatic heterocycles. The fraction of sp³-hybridized carbons (Fsp3) is 0.577. The Balaban J connectivity index is 1.69. The van der Waals surface area contributed by atoms with E-state index in [1.54, 1.807) is 18.2 Å². The van der Waals surface area contributed by atoms with Crippen LogP contribution in [-0.2, 0) is 4.79 Å². The van der Waals surface area contributed by atoms with E-state index in [-0.39, 0.29) is 30.3 Å². The lowest BCUT2D eigenvalue weighted by molar-refractivity contribution is -0.362. The normalized spacial score (nSPS) is 36.0. The molecule has 0 bridgehead atoms. The number of alkyl halides is 5. The second-order valence-corrected chi connectivity index (χ2v) is 10.6. The maximum Gasteiger partial charge on any atom is 0.456 e. The quantitative estimate of drug-likeness (QED) is 0.492. The molecule has 0 unspecified atom stereocenters. The minimum absolute atomic E-state index is 0.0197. The summed E-state index contributed by atoms with van der Waals surface area (Å²) in [5.41, 5.74) is -1.22. The van der Waals surface area contributed by atoms with Gasteiger partial charge in [-0.15, -0.1) is 0 Å². The minimum Gasteiger partial charge on any atom is -0.508 e. The van der Waals surface area contributed by atoms with E-state index in [9.17, 15) is 37.0 Å². The monoisotopic (exact) mass is 482 g/mol. The van der Waals surface area contributed by atoms with E-state index in [1.165, 1.54) is 19.1 Å². The SMILES string of the molecule is C[C@]12C[C@H](c3ccc(O)cc3)C3=C4CCC(=O)C=C4CC[C@H]3[C@@H]1CC[C@@]2(O)C(F)(F)C(F)(F)F. The summed E-state index contributed by atoms with van der Waals surface area (Å²) in [6.45, 7) is 1.40. The highest BCUT2D eigenvalue weighted by molar-refractivity contribution is 5.93. The first kappa shape index (κ1) is 23.5. The van der Waals surface area contributed by atoms with E-state index < -0.39 is 41.4 Å². The van der Waals surface area contributed by atoms with Gasteiger partial charge in [0.2, 0.25) is 0 Å². The van der Waals surface area contributed by atoms with E-state index in [2.05, 4.69) is 0 Å². The Morgan fingerprint density at radius 2 is 1.68 bits per heavy atom. The molecule has 0 saturated heterocycles. The summed E-state index contributed by atoms with van der Waals surface area (Å²) < 4.78 is 70.4. The van der Waals surface area contributed by atoms with Crippen LogP contribution < -0.4 is 0 Å². The molecule has 8 heteroatoms. The van der Waals surface area contributed by atoms with Crippen LogP contribution in [0.25, 0.3) is 0 Å². The van der Waals surface area contributed by atoms with Crippen LogP contribution in [-0.4, -0.2) is 33.7 Å². The number of fused-ring (bicyclic) bond motifs is 4. The van der Waals surface area contributed by atoms with Crippen molar-refractivity contribution in [3.63, 3.8) is 0 Å². The Labute approximate surface area is 194 Å². The summed E-state index contributed by atoms with van der Waals surface area (Å²) >= 11 is 0. The van der Waals surface area contributed by atoms with E-state index in [0.717, 1.165) is 16.7 Å². The highest BCUT2D eigenvalue weighted by atomic mass is 19.4. The number of hydrogen-bond acceptors (Lipinski definition) is 3. The van der Waals surface area contributed by atoms with Crippen molar-refractivity contribution in [1.82, 2.24) is 0 Å². The number of ketones is 1. The van der Waals surface area contributed by atoms with Crippen molar-refractivity contribution in [1.29, 1.82) is 0 Å². The first-order valence-corrected chi connectivity index (χ1v) is 11.7. The molecule has 34 heavy (non-hydrogen) atoms. The predicted octanol–water partition coefficient (Wildman–Crippen LogP) is 6.22. The van der Waals surface area contributed by atoms with Gasteiger partial charge in [0.05, 0.1) is 0 Å². The van der Waals surface area contributed by atoms with Crippen LogP contribution >= 0.6 is 0 Å². The van der Waals surface area contributed by atoms with Crippen LogP contribution in [0.15, 0.2) is 47.1 Å². The van der Waals surface area contributed by atoms with Crippen molar-refractivity contribution in [2.75, 3.05) is 0 Å². The van der Waals surface area contributed by atoms with Crippen LogP contribution in [0.4, 0.5) is 22.0 Å². The van der Waals surface area contributed by atoms with E-state index in [1.807, 2.05) is 0 Å². The Bertz CT molecular complexity index is 1090. The van der Waals surface area contributed by atoms with Crippen molar-refractivity contribution < 1.29 is 37.0 Å². The van der Waals surface area contributed by atoms with E-state index >= 15 is 0 Å². The molecule has 4 aliphatic carbocycles. The maximum atomic E-state index is 14.9. The number of phenolic OH excluding ortho intramolecular Hbond substituents is 1. The average Bonchev–Trinajstić information content (AvgIpc) is 3.04. The first-order valence-electron chi connectivity index (χ1n) is 11.7. The smallest absolute Gasteiger partial charge is 0.456 e. The summed E-state index contributed by atoms with van der Waals surface area (Å²) in [4.78, 5) is 12.0. The molecule has 0 heterocycles. The summed E-state index contributed by atoms with van der Waals surface area (Å²) in [6, 6.07) is 6.27. The summed E-state index contributed by atoms with van der Waals surface area (Å²) in [5, 5.41) is 21.0. The Kier molecular flexibility index (Phi) is 5.11. The highest BCUT2D eigenvalue weighted by Gasteiger charge is 2.79. The van der Waals surface area contributed by atoms with Crippen LogP contribution in [0.3, 0.4) is 0 Å². The molecule has 0 radical (unpaired) electrons. The molecule has 2 saturated carbocycles. The van der Waals surface area contributed by atoms with Crippen molar-refractivity contribution in [2.45, 2.75) is 75.5 Å². The molecule has 2 fully saturated rings. The second-order valence-electron chi connectivity index (χ2n) is 10.6. The van der Waals surface area contributed by atoms with Gasteiger partial charge in [-0.2, -0.15) is 22.0 Å². The van der Waals surface area contributed by atoms with Gasteiger partial charge in [0.15, 0.2) is 5.78 Å². The molecular formula is C26H27F5O3. The zero-order valence-electron chi connectivity index (χ0n) is 18.8. The van der Waals surface area contributed by atoms with Gasteiger partial charge in [-0.3, -0.25) is 4.79 Å². The molecule has 4 aliphatic rings. The molecule has 2 N–H and O–H groups in total. The number of carbonyl (C=O) groups excluding carboxylic acids is 1. The molecule has 0 amide bonds. The average molecular weight is 482 g/mol. The molecule has 5 atom stereocenters. The standard InChI is InChI=1S/C26H27F5O3/c1-23-13-20(14-2-5-16(32)6-3-14)22-18-9-7-17(33)12-15(18)4-8-19(22)21(23)10-11-24(23,34)25(27,28)26(29,30)31/h2-3,5-6,12,19-21,32,34H,4,7-11,13H2,1H3/t19-,20+,21-,23-,24-/m0/s1. The van der Waals surface area contributed by atoms with Gasteiger partial charge >= 0.3 is 12.1 Å². The Morgan fingerprint density at radius 3 is 2.32 bits per heavy atom. The van der Waals surface area contributed by atoms with Gasteiger partial charge in [-0.05, 0) is 85.3 Å². The third-order valence-electron chi connectivity index (χ3n) is 9.06. The largest absolute Gasteiger partial charge is 0.508 e. The third-order valence-corrected chi connectivity index (χ3v) is 9.06. The molecular weight excluding hydrogens is 455 g/mol. The molecule has 0 aromatic heterocycles. The van der Waals surface area contributed by atoms with Crippen LogP contribution in [0, 0.1) is 17.3 Å². The Morgan fingerprint density at radius 1 is 1.00 bits per heavy atom. The first-order chi connectivity index (χ1) is 15.8. The van der Waals surface area contributed by atoms with Crippen molar-refractivity contribution in [3.8, 4) is 5.75 Å². The zero-order chi connectivity index (χ0) is 24.7. The molecule has 5 rings (SSSR count). The summed E-state index contributed by atoms with van der Waals surface area (Å²) in [5.74, 6) is -6.46. The molecule has 0 spiro atoms. The van der Waals surface area contributed by atoms with Crippen molar-refractivity contribution in [3.05, 3.63) is 52.6 Å². The lowest BCUT2D eigenvalue weighted by atomic mass is 9.50. The van der Waals surface area contributed by atoms with Gasteiger partial charge in [0, 0.05) is 17.8 Å². The lowest BCUT2D eigenvalue weighted by Crippen LogP contribution is -2.65. The number of carbonyl (C=O) groups is 1. The zero-order valence-corrected chi connectivity index (χ0v) is 18.8. The number of allylic oxidation sites excluding steroid dienone is 4. The number of aromatic hydroxyl groups is 1. The van der Waals surface area contributed by atoms with Gasteiger partial charge in [0.25, 0.3) is 0 Å². The predicted molar refractivity (Wildman–Crippen MR) is 114 cm³/mol. The van der Waals surface area contributed by atoms with Crippen LogP contribution in [0.5, 0.6) is 5.75 Å². The van der Waals surface area contributed by atoms with Gasteiger partial charge in [-0.25, -0.2) is 0 Å². The number of hydrogen-bond donors (Lipinski definition) is 2. The minimum atomic E-state index is -5.86. The van der Waals surface area contributed by atoms with E-state index in [0.29, 0.717) is 31.2 Å². The molecule has 1 aromatic carbocycles. The topological polar surface area (TPSA) is 57.5 Å². The molecule has 1 aromatic rings. The lowest BCUT2D eigenvalue weighted by Gasteiger charge is -2.56. The summed E-state index contributed by atoms with van der Waals surface area (Å²) in [7, 11) is 0. The number of phenols is 1. The Hall–Kier alpha value is -2.22. The van der Waals surface area contributed by atoms with Crippen LogP contribution in [0.1, 0.15) is 63.4 Å². The van der Waals surface area contributed by atoms with Crippen molar-refractivity contribution in [2.24, 2.45) is 17.3 Å². The molecule has 3 nitrogen and oxygen atoms in total. The number of aliphatic hydroxyl groups is 1. The number of halogens is 5. The number of rotatable bonds is 2. The second kappa shape index (κ2) is 7.39.